The molecule has 0 aromatic heterocycles. The molecule has 0 aliphatic carbocycles. The average Bonchev–Trinajstić information content (AvgIpc) is 2.74. The molecule has 4 heteroatoms. The number of amides is 1. The topological polar surface area (TPSA) is 33.5 Å². The van der Waals surface area contributed by atoms with Crippen LogP contribution in [0, 0.1) is 0 Å². The number of halogens is 1. The van der Waals surface area contributed by atoms with Crippen molar-refractivity contribution in [3.63, 3.8) is 0 Å². The van der Waals surface area contributed by atoms with E-state index >= 15 is 0 Å². The van der Waals surface area contributed by atoms with Crippen molar-refractivity contribution in [3.05, 3.63) is 89.1 Å². The predicted molar refractivity (Wildman–Crippen MR) is 90.8 cm³/mol. The third-order valence-corrected chi connectivity index (χ3v) is 4.47. The van der Waals surface area contributed by atoms with Gasteiger partial charge in [-0.15, -0.1) is 0 Å². The summed E-state index contributed by atoms with van der Waals surface area (Å²) >= 11 is 0. The molecule has 2 aliphatic heterocycles. The Morgan fingerprint density at radius 2 is 1.67 bits per heavy atom. The van der Waals surface area contributed by atoms with Crippen molar-refractivity contribution >= 4 is 11.5 Å². The van der Waals surface area contributed by atoms with E-state index in [0.29, 0.717) is 6.54 Å². The molecule has 0 saturated heterocycles. The molecule has 0 radical (unpaired) electrons. The number of benzene rings is 2. The Balaban J connectivity index is 0.00000169. The molecule has 0 saturated carbocycles. The Labute approximate surface area is 152 Å². The Morgan fingerprint density at radius 3 is 2.46 bits per heavy atom. The van der Waals surface area contributed by atoms with Gasteiger partial charge in [-0.25, -0.2) is 0 Å². The summed E-state index contributed by atoms with van der Waals surface area (Å²) in [7, 11) is 0. The van der Waals surface area contributed by atoms with Crippen molar-refractivity contribution in [2.45, 2.75) is 6.54 Å². The Morgan fingerprint density at radius 1 is 0.958 bits per heavy atom. The minimum atomic E-state index is 0. The number of hydrogen-bond acceptors (Lipinski definition) is 1. The van der Waals surface area contributed by atoms with Gasteiger partial charge in [0.1, 0.15) is 19.3 Å². The van der Waals surface area contributed by atoms with Gasteiger partial charge in [0.15, 0.2) is 0 Å². The maximum atomic E-state index is 12.2. The van der Waals surface area contributed by atoms with Crippen molar-refractivity contribution in [1.82, 2.24) is 5.32 Å². The molecule has 2 heterocycles. The van der Waals surface area contributed by atoms with Crippen LogP contribution in [0.1, 0.15) is 21.5 Å². The molecule has 4 rings (SSSR count). The van der Waals surface area contributed by atoms with E-state index in [1.807, 2.05) is 30.3 Å². The fourth-order valence-corrected chi connectivity index (χ4v) is 3.34. The third kappa shape index (κ3) is 3.21. The monoisotopic (exact) mass is 382 g/mol. The summed E-state index contributed by atoms with van der Waals surface area (Å²) in [5.74, 6) is 0.0152. The number of quaternary nitrogens is 1. The Kier molecular flexibility index (Phi) is 4.97. The van der Waals surface area contributed by atoms with Crippen LogP contribution >= 0.6 is 0 Å². The van der Waals surface area contributed by atoms with Gasteiger partial charge in [-0.1, -0.05) is 48.5 Å². The lowest BCUT2D eigenvalue weighted by molar-refractivity contribution is -0.856. The molecule has 3 nitrogen and oxygen atoms in total. The molecule has 1 amide bonds. The summed E-state index contributed by atoms with van der Waals surface area (Å²) in [5, 5.41) is 3.02. The van der Waals surface area contributed by atoms with Gasteiger partial charge in [-0.3, -0.25) is 4.79 Å². The van der Waals surface area contributed by atoms with Gasteiger partial charge in [-0.2, -0.15) is 0 Å². The molecule has 1 atom stereocenters. The van der Waals surface area contributed by atoms with Gasteiger partial charge in [-0.05, 0) is 23.3 Å². The van der Waals surface area contributed by atoms with Crippen LogP contribution in [0.25, 0.3) is 5.57 Å². The maximum absolute atomic E-state index is 12.2. The van der Waals surface area contributed by atoms with Gasteiger partial charge >= 0.3 is 0 Å². The summed E-state index contributed by atoms with van der Waals surface area (Å²) in [4.78, 5) is 13.6. The van der Waals surface area contributed by atoms with Crippen molar-refractivity contribution < 1.29 is 26.7 Å². The second kappa shape index (κ2) is 7.16. The summed E-state index contributed by atoms with van der Waals surface area (Å²) in [6.07, 6.45) is 4.54. The highest BCUT2D eigenvalue weighted by Crippen LogP contribution is 2.28. The number of carbonyl (C=O) groups is 1. The second-order valence-corrected chi connectivity index (χ2v) is 6.04. The molecule has 1 unspecified atom stereocenters. The van der Waals surface area contributed by atoms with E-state index in [4.69, 9.17) is 0 Å². The molecule has 2 N–H and O–H groups in total. The standard InChI is InChI=1S/C20H18N2O.BrH/c23-20-19-9-5-4-8-18(19)17-10-11-22(14-16(17)12-21-20)13-15-6-2-1-3-7-15;/h1-10,14H,11-13H2,(H,21,23);1H. The zero-order valence-electron chi connectivity index (χ0n) is 13.3. The van der Waals surface area contributed by atoms with E-state index in [9.17, 15) is 4.79 Å². The fourth-order valence-electron chi connectivity index (χ4n) is 3.34. The van der Waals surface area contributed by atoms with Gasteiger partial charge in [0, 0.05) is 23.2 Å². The minimum Gasteiger partial charge on any atom is -1.00 e. The summed E-state index contributed by atoms with van der Waals surface area (Å²) in [5.41, 5.74) is 5.56. The number of hydrogen-bond donors (Lipinski definition) is 2. The lowest BCUT2D eigenvalue weighted by Crippen LogP contribution is -3.06. The van der Waals surface area contributed by atoms with Crippen LogP contribution in [0.2, 0.25) is 0 Å². The summed E-state index contributed by atoms with van der Waals surface area (Å²) in [6, 6.07) is 18.4. The number of nitrogens with one attached hydrogen (secondary N) is 2. The Bertz CT molecular complexity index is 811. The molecule has 24 heavy (non-hydrogen) atoms. The van der Waals surface area contributed by atoms with E-state index in [-0.39, 0.29) is 22.9 Å². The lowest BCUT2D eigenvalue weighted by Gasteiger charge is -2.21. The van der Waals surface area contributed by atoms with Crippen molar-refractivity contribution in [3.8, 4) is 0 Å². The third-order valence-electron chi connectivity index (χ3n) is 4.47. The Hall–Kier alpha value is -2.17. The highest BCUT2D eigenvalue weighted by atomic mass is 79.9. The van der Waals surface area contributed by atoms with Gasteiger partial charge < -0.3 is 27.2 Å². The smallest absolute Gasteiger partial charge is 0.252 e. The minimum absolute atomic E-state index is 0. The van der Waals surface area contributed by atoms with E-state index < -0.39 is 0 Å². The predicted octanol–water partition coefficient (Wildman–Crippen LogP) is -1.20. The second-order valence-electron chi connectivity index (χ2n) is 6.04. The van der Waals surface area contributed by atoms with Crippen LogP contribution in [0.4, 0.5) is 0 Å². The van der Waals surface area contributed by atoms with Crippen LogP contribution in [0.5, 0.6) is 0 Å². The first-order valence-corrected chi connectivity index (χ1v) is 7.98. The molecular weight excluding hydrogens is 364 g/mol. The van der Waals surface area contributed by atoms with Crippen LogP contribution in [-0.4, -0.2) is 19.0 Å². The summed E-state index contributed by atoms with van der Waals surface area (Å²) in [6.45, 7) is 2.50. The first-order chi connectivity index (χ1) is 11.3. The van der Waals surface area contributed by atoms with E-state index in [1.165, 1.54) is 21.6 Å². The quantitative estimate of drug-likeness (QED) is 0.672. The van der Waals surface area contributed by atoms with Crippen molar-refractivity contribution in [2.75, 3.05) is 13.1 Å². The molecule has 2 aromatic rings. The molecule has 2 aromatic carbocycles. The highest BCUT2D eigenvalue weighted by molar-refractivity contribution is 6.03. The number of fused-ring (bicyclic) bond motifs is 3. The molecule has 2 aliphatic rings. The van der Waals surface area contributed by atoms with E-state index in [1.54, 1.807) is 0 Å². The van der Waals surface area contributed by atoms with Crippen LogP contribution in [0.15, 0.2) is 72.4 Å². The molecule has 122 valence electrons. The van der Waals surface area contributed by atoms with Crippen molar-refractivity contribution in [1.29, 1.82) is 0 Å². The van der Waals surface area contributed by atoms with Gasteiger partial charge in [0.25, 0.3) is 5.91 Å². The van der Waals surface area contributed by atoms with E-state index in [2.05, 4.69) is 41.9 Å². The van der Waals surface area contributed by atoms with Crippen molar-refractivity contribution in [2.24, 2.45) is 0 Å². The molecule has 0 bridgehead atoms. The fraction of sp³-hybridized carbons (Fsp3) is 0.150. The number of carbonyl (C=O) groups excluding carboxylic acids is 1. The van der Waals surface area contributed by atoms with Crippen LogP contribution in [-0.2, 0) is 6.54 Å². The SMILES string of the molecule is O=C1NCC2=C[NH+](Cc3ccccc3)CC=C2c2ccccc21.[Br-]. The van der Waals surface area contributed by atoms with Crippen LogP contribution in [0.3, 0.4) is 0 Å². The first-order valence-electron chi connectivity index (χ1n) is 7.98. The van der Waals surface area contributed by atoms with E-state index in [0.717, 1.165) is 24.2 Å². The molecular formula is C20H19BrN2O. The maximum Gasteiger partial charge on any atom is 0.252 e. The average molecular weight is 383 g/mol. The first kappa shape index (κ1) is 16.7. The van der Waals surface area contributed by atoms with Gasteiger partial charge in [0.05, 0.1) is 0 Å². The highest BCUT2D eigenvalue weighted by Gasteiger charge is 2.25. The lowest BCUT2D eigenvalue weighted by atomic mass is 9.93. The molecule has 0 spiro atoms. The normalized spacial score (nSPS) is 18.8. The zero-order valence-corrected chi connectivity index (χ0v) is 14.8. The largest absolute Gasteiger partial charge is 1.00 e. The molecule has 0 fully saturated rings. The zero-order chi connectivity index (χ0) is 15.6. The number of rotatable bonds is 2. The van der Waals surface area contributed by atoms with Gasteiger partial charge in [0.2, 0.25) is 0 Å². The summed E-state index contributed by atoms with van der Waals surface area (Å²) < 4.78 is 0. The van der Waals surface area contributed by atoms with Crippen LogP contribution < -0.4 is 27.2 Å².